The number of hydrogen-bond donors (Lipinski definition) is 1. The van der Waals surface area contributed by atoms with E-state index in [1.54, 1.807) is 18.3 Å². The van der Waals surface area contributed by atoms with Crippen molar-refractivity contribution in [2.45, 2.75) is 13.5 Å². The number of rotatable bonds is 4. The fourth-order valence-electron chi connectivity index (χ4n) is 1.62. The van der Waals surface area contributed by atoms with Crippen molar-refractivity contribution in [3.8, 4) is 11.5 Å². The molecule has 92 valence electrons. The van der Waals surface area contributed by atoms with E-state index < -0.39 is 0 Å². The Morgan fingerprint density at radius 1 is 1.28 bits per heavy atom. The van der Waals surface area contributed by atoms with Gasteiger partial charge in [0.05, 0.1) is 12.3 Å². The van der Waals surface area contributed by atoms with Gasteiger partial charge in [0.15, 0.2) is 0 Å². The molecule has 1 heterocycles. The van der Waals surface area contributed by atoms with Crippen LogP contribution < -0.4 is 4.74 Å². The first-order valence-corrected chi connectivity index (χ1v) is 5.79. The van der Waals surface area contributed by atoms with Gasteiger partial charge in [0.1, 0.15) is 11.5 Å². The summed E-state index contributed by atoms with van der Waals surface area (Å²) in [6.45, 7) is 1.88. The molecule has 0 bridgehead atoms. The Hall–Kier alpha value is -2.13. The lowest BCUT2D eigenvalue weighted by molar-refractivity contribution is 0.276. The molecule has 0 radical (unpaired) electrons. The molecule has 0 aliphatic carbocycles. The number of aromatic nitrogens is 1. The zero-order valence-corrected chi connectivity index (χ0v) is 10.2. The number of ether oxygens (including phenoxy) is 1. The first-order valence-electron chi connectivity index (χ1n) is 5.79. The zero-order valence-electron chi connectivity index (χ0n) is 10.2. The third-order valence-electron chi connectivity index (χ3n) is 2.44. The minimum Gasteiger partial charge on any atom is -0.457 e. The first-order chi connectivity index (χ1) is 8.83. The lowest BCUT2D eigenvalue weighted by Crippen LogP contribution is -1.91. The van der Waals surface area contributed by atoms with Gasteiger partial charge in [-0.25, -0.2) is 0 Å². The van der Waals surface area contributed by atoms with E-state index in [0.29, 0.717) is 11.4 Å². The second-order valence-corrected chi connectivity index (χ2v) is 3.78. The molecule has 3 heteroatoms. The van der Waals surface area contributed by atoms with Crippen LogP contribution in [0.5, 0.6) is 11.5 Å². The molecule has 1 aromatic carbocycles. The SMILES string of the molecule is CC=Cc1ccccc1Oc1ccnc(CO)c1. The predicted octanol–water partition coefficient (Wildman–Crippen LogP) is 3.40. The first kappa shape index (κ1) is 12.3. The molecule has 2 aromatic rings. The zero-order chi connectivity index (χ0) is 12.8. The van der Waals surface area contributed by atoms with Crippen LogP contribution >= 0.6 is 0 Å². The molecule has 0 amide bonds. The van der Waals surface area contributed by atoms with Crippen molar-refractivity contribution in [2.24, 2.45) is 0 Å². The number of hydrogen-bond acceptors (Lipinski definition) is 3. The molecule has 1 N–H and O–H groups in total. The minimum absolute atomic E-state index is 0.0896. The van der Waals surface area contributed by atoms with Crippen LogP contribution in [0, 0.1) is 0 Å². The molecular formula is C15H15NO2. The standard InChI is InChI=1S/C15H15NO2/c1-2-5-12-6-3-4-7-15(12)18-14-8-9-16-13(10-14)11-17/h2-10,17H,11H2,1H3. The smallest absolute Gasteiger partial charge is 0.134 e. The van der Waals surface area contributed by atoms with Crippen LogP contribution in [0.15, 0.2) is 48.7 Å². The van der Waals surface area contributed by atoms with Crippen LogP contribution in [0.25, 0.3) is 6.08 Å². The largest absolute Gasteiger partial charge is 0.457 e. The maximum absolute atomic E-state index is 9.04. The topological polar surface area (TPSA) is 42.4 Å². The summed E-state index contributed by atoms with van der Waals surface area (Å²) in [6, 6.07) is 11.3. The van der Waals surface area contributed by atoms with E-state index in [0.717, 1.165) is 11.3 Å². The summed E-state index contributed by atoms with van der Waals surface area (Å²) >= 11 is 0. The van der Waals surface area contributed by atoms with E-state index in [1.807, 2.05) is 43.3 Å². The Morgan fingerprint density at radius 2 is 2.11 bits per heavy atom. The number of aliphatic hydroxyl groups is 1. The fourth-order valence-corrected chi connectivity index (χ4v) is 1.62. The summed E-state index contributed by atoms with van der Waals surface area (Å²) in [5.41, 5.74) is 1.61. The van der Waals surface area contributed by atoms with Gasteiger partial charge in [0, 0.05) is 17.8 Å². The Morgan fingerprint density at radius 3 is 2.89 bits per heavy atom. The average molecular weight is 241 g/mol. The fraction of sp³-hybridized carbons (Fsp3) is 0.133. The minimum atomic E-state index is -0.0896. The maximum Gasteiger partial charge on any atom is 0.134 e. The third kappa shape index (κ3) is 2.96. The van der Waals surface area contributed by atoms with E-state index in [-0.39, 0.29) is 6.61 Å². The molecule has 0 aliphatic heterocycles. The molecule has 0 aliphatic rings. The summed E-state index contributed by atoms with van der Waals surface area (Å²) in [6.07, 6.45) is 5.58. The van der Waals surface area contributed by atoms with Crippen molar-refractivity contribution < 1.29 is 9.84 Å². The molecule has 0 saturated heterocycles. The van der Waals surface area contributed by atoms with Gasteiger partial charge in [-0.3, -0.25) is 4.98 Å². The van der Waals surface area contributed by atoms with Gasteiger partial charge in [0.25, 0.3) is 0 Å². The highest BCUT2D eigenvalue weighted by atomic mass is 16.5. The predicted molar refractivity (Wildman–Crippen MR) is 71.4 cm³/mol. The molecular weight excluding hydrogens is 226 g/mol. The van der Waals surface area contributed by atoms with Crippen LogP contribution in [0.2, 0.25) is 0 Å². The van der Waals surface area contributed by atoms with E-state index in [9.17, 15) is 0 Å². The summed E-state index contributed by atoms with van der Waals surface area (Å²) in [5.74, 6) is 1.46. The summed E-state index contributed by atoms with van der Waals surface area (Å²) in [4.78, 5) is 4.01. The van der Waals surface area contributed by atoms with Crippen LogP contribution in [-0.4, -0.2) is 10.1 Å². The normalized spacial score (nSPS) is 10.8. The number of para-hydroxylation sites is 1. The van der Waals surface area contributed by atoms with Crippen LogP contribution in [0.4, 0.5) is 0 Å². The molecule has 0 spiro atoms. The van der Waals surface area contributed by atoms with Gasteiger partial charge in [-0.15, -0.1) is 0 Å². The van der Waals surface area contributed by atoms with Gasteiger partial charge >= 0.3 is 0 Å². The van der Waals surface area contributed by atoms with Crippen molar-refractivity contribution in [3.63, 3.8) is 0 Å². The van der Waals surface area contributed by atoms with E-state index >= 15 is 0 Å². The molecule has 1 aromatic heterocycles. The third-order valence-corrected chi connectivity index (χ3v) is 2.44. The number of aliphatic hydroxyl groups excluding tert-OH is 1. The van der Waals surface area contributed by atoms with Gasteiger partial charge < -0.3 is 9.84 Å². The second-order valence-electron chi connectivity index (χ2n) is 3.78. The lowest BCUT2D eigenvalue weighted by Gasteiger charge is -2.09. The summed E-state index contributed by atoms with van der Waals surface area (Å²) in [7, 11) is 0. The summed E-state index contributed by atoms with van der Waals surface area (Å²) < 4.78 is 5.80. The Kier molecular flexibility index (Phi) is 4.10. The quantitative estimate of drug-likeness (QED) is 0.892. The van der Waals surface area contributed by atoms with Crippen molar-refractivity contribution in [1.82, 2.24) is 4.98 Å². The molecule has 0 saturated carbocycles. The van der Waals surface area contributed by atoms with E-state index in [4.69, 9.17) is 9.84 Å². The van der Waals surface area contributed by atoms with Crippen molar-refractivity contribution >= 4 is 6.08 Å². The van der Waals surface area contributed by atoms with Crippen LogP contribution in [-0.2, 0) is 6.61 Å². The van der Waals surface area contributed by atoms with Crippen LogP contribution in [0.3, 0.4) is 0 Å². The molecule has 0 atom stereocenters. The van der Waals surface area contributed by atoms with E-state index in [2.05, 4.69) is 4.98 Å². The van der Waals surface area contributed by atoms with Crippen molar-refractivity contribution in [3.05, 3.63) is 59.9 Å². The van der Waals surface area contributed by atoms with Gasteiger partial charge in [0.2, 0.25) is 0 Å². The van der Waals surface area contributed by atoms with E-state index in [1.165, 1.54) is 0 Å². The lowest BCUT2D eigenvalue weighted by atomic mass is 10.2. The van der Waals surface area contributed by atoms with Crippen molar-refractivity contribution in [2.75, 3.05) is 0 Å². The van der Waals surface area contributed by atoms with Crippen molar-refractivity contribution in [1.29, 1.82) is 0 Å². The molecule has 2 rings (SSSR count). The highest BCUT2D eigenvalue weighted by Crippen LogP contribution is 2.26. The highest BCUT2D eigenvalue weighted by molar-refractivity contribution is 5.57. The maximum atomic E-state index is 9.04. The molecule has 0 fully saturated rings. The average Bonchev–Trinajstić information content (AvgIpc) is 2.41. The Balaban J connectivity index is 2.27. The molecule has 0 unspecified atom stereocenters. The van der Waals surface area contributed by atoms with Crippen LogP contribution in [0.1, 0.15) is 18.2 Å². The highest BCUT2D eigenvalue weighted by Gasteiger charge is 2.02. The molecule has 18 heavy (non-hydrogen) atoms. The van der Waals surface area contributed by atoms with Gasteiger partial charge in [-0.05, 0) is 19.1 Å². The Labute approximate surface area is 106 Å². The number of allylic oxidation sites excluding steroid dienone is 1. The summed E-state index contributed by atoms with van der Waals surface area (Å²) in [5, 5.41) is 9.04. The monoisotopic (exact) mass is 241 g/mol. The molecule has 3 nitrogen and oxygen atoms in total. The Bertz CT molecular complexity index is 550. The number of pyridine rings is 1. The van der Waals surface area contributed by atoms with Gasteiger partial charge in [-0.1, -0.05) is 30.4 Å². The second kappa shape index (κ2) is 5.98. The number of benzene rings is 1. The van der Waals surface area contributed by atoms with Gasteiger partial charge in [-0.2, -0.15) is 0 Å². The number of nitrogens with zero attached hydrogens (tertiary/aromatic N) is 1.